The van der Waals surface area contributed by atoms with Gasteiger partial charge >= 0.3 is 0 Å². The number of aromatic nitrogens is 1. The van der Waals surface area contributed by atoms with E-state index >= 15 is 0 Å². The quantitative estimate of drug-likeness (QED) is 0.316. The maximum Gasteiger partial charge on any atom is 0.258 e. The number of hydrogen-bond acceptors (Lipinski definition) is 4. The third-order valence-electron chi connectivity index (χ3n) is 6.70. The van der Waals surface area contributed by atoms with Gasteiger partial charge in [-0.05, 0) is 41.5 Å². The number of fused-ring (bicyclic) bond motifs is 1. The summed E-state index contributed by atoms with van der Waals surface area (Å²) in [5.41, 5.74) is 6.07. The molecule has 2 heterocycles. The molecule has 1 N–H and O–H groups in total. The van der Waals surface area contributed by atoms with E-state index in [1.165, 1.54) is 0 Å². The molecule has 36 heavy (non-hydrogen) atoms. The van der Waals surface area contributed by atoms with Gasteiger partial charge in [-0.3, -0.25) is 9.80 Å². The first kappa shape index (κ1) is 21.9. The molecule has 0 aliphatic carbocycles. The fourth-order valence-corrected chi connectivity index (χ4v) is 4.99. The van der Waals surface area contributed by atoms with Crippen LogP contribution >= 0.6 is 0 Å². The Morgan fingerprint density at radius 2 is 1.47 bits per heavy atom. The largest absolute Gasteiger partial charge is 0.497 e. The van der Waals surface area contributed by atoms with Gasteiger partial charge in [0.15, 0.2) is 0 Å². The Balaban J connectivity index is 1.55. The Morgan fingerprint density at radius 3 is 2.19 bits per heavy atom. The number of anilines is 1. The number of H-pyrrole nitrogens is 1. The van der Waals surface area contributed by atoms with Crippen LogP contribution < -0.4 is 15.3 Å². The number of methoxy groups -OCH3 is 1. The fourth-order valence-electron chi connectivity index (χ4n) is 4.99. The van der Waals surface area contributed by atoms with Crippen molar-refractivity contribution in [3.05, 3.63) is 131 Å². The normalized spacial score (nSPS) is 15.2. The third kappa shape index (κ3) is 3.85. The zero-order valence-electron chi connectivity index (χ0n) is 19.9. The first-order valence-electron chi connectivity index (χ1n) is 12.0. The SMILES string of the molecule is COc1ccc(C2CC(c3c(-c4ccccc4)c4ccccc4[nH]c3=O)=NN2c2ccccc2)cc1. The van der Waals surface area contributed by atoms with Crippen LogP contribution in [0.2, 0.25) is 0 Å². The summed E-state index contributed by atoms with van der Waals surface area (Å²) in [4.78, 5) is 16.7. The van der Waals surface area contributed by atoms with Crippen molar-refractivity contribution in [3.8, 4) is 16.9 Å². The van der Waals surface area contributed by atoms with Crippen molar-refractivity contribution in [2.24, 2.45) is 5.10 Å². The number of hydrogen-bond donors (Lipinski definition) is 1. The van der Waals surface area contributed by atoms with Crippen LogP contribution in [-0.4, -0.2) is 17.8 Å². The number of benzene rings is 4. The molecular weight excluding hydrogens is 446 g/mol. The van der Waals surface area contributed by atoms with Gasteiger partial charge < -0.3 is 9.72 Å². The van der Waals surface area contributed by atoms with Crippen LogP contribution in [0.4, 0.5) is 5.69 Å². The lowest BCUT2D eigenvalue weighted by atomic mass is 9.91. The van der Waals surface area contributed by atoms with Gasteiger partial charge in [0.2, 0.25) is 0 Å². The number of pyridine rings is 1. The summed E-state index contributed by atoms with van der Waals surface area (Å²) in [5.74, 6) is 0.807. The standard InChI is InChI=1S/C31H25N3O2/c1-36-24-18-16-21(17-19-24)28-20-27(33-34(28)23-12-6-3-7-13-23)30-29(22-10-4-2-5-11-22)25-14-8-9-15-26(25)32-31(30)35/h2-19,28H,20H2,1H3,(H,32,35). The number of ether oxygens (including phenoxy) is 1. The molecule has 0 amide bonds. The minimum atomic E-state index is -0.130. The van der Waals surface area contributed by atoms with Gasteiger partial charge in [-0.25, -0.2) is 0 Å². The van der Waals surface area contributed by atoms with E-state index < -0.39 is 0 Å². The number of rotatable bonds is 5. The Hall–Kier alpha value is -4.64. The van der Waals surface area contributed by atoms with Crippen molar-refractivity contribution in [1.82, 2.24) is 4.98 Å². The molecule has 5 aromatic rings. The molecule has 0 bridgehead atoms. The predicted molar refractivity (Wildman–Crippen MR) is 146 cm³/mol. The molecule has 0 fully saturated rings. The van der Waals surface area contributed by atoms with Gasteiger partial charge in [0.1, 0.15) is 5.75 Å². The van der Waals surface area contributed by atoms with Crippen LogP contribution in [0.15, 0.2) is 119 Å². The van der Waals surface area contributed by atoms with E-state index in [9.17, 15) is 4.79 Å². The van der Waals surface area contributed by atoms with Crippen molar-refractivity contribution in [1.29, 1.82) is 0 Å². The minimum Gasteiger partial charge on any atom is -0.497 e. The van der Waals surface area contributed by atoms with Crippen molar-refractivity contribution in [2.75, 3.05) is 12.1 Å². The van der Waals surface area contributed by atoms with E-state index in [-0.39, 0.29) is 11.6 Å². The second kappa shape index (κ2) is 9.19. The molecule has 0 saturated carbocycles. The zero-order chi connectivity index (χ0) is 24.5. The van der Waals surface area contributed by atoms with Gasteiger partial charge in [0.05, 0.1) is 30.1 Å². The van der Waals surface area contributed by atoms with Crippen molar-refractivity contribution >= 4 is 22.3 Å². The van der Waals surface area contributed by atoms with E-state index in [1.54, 1.807) is 7.11 Å². The van der Waals surface area contributed by atoms with Gasteiger partial charge in [-0.1, -0.05) is 78.9 Å². The highest BCUT2D eigenvalue weighted by atomic mass is 16.5. The second-order valence-corrected chi connectivity index (χ2v) is 8.84. The highest BCUT2D eigenvalue weighted by Crippen LogP contribution is 2.39. The molecule has 1 atom stereocenters. The van der Waals surface area contributed by atoms with E-state index in [2.05, 4.69) is 35.3 Å². The number of para-hydroxylation sites is 2. The molecule has 5 nitrogen and oxygen atoms in total. The summed E-state index contributed by atoms with van der Waals surface area (Å²) in [7, 11) is 1.67. The fraction of sp³-hybridized carbons (Fsp3) is 0.0968. The Bertz CT molecular complexity index is 1610. The maximum atomic E-state index is 13.6. The molecule has 176 valence electrons. The highest BCUT2D eigenvalue weighted by Gasteiger charge is 2.33. The highest BCUT2D eigenvalue weighted by molar-refractivity contribution is 6.13. The summed E-state index contributed by atoms with van der Waals surface area (Å²) in [5, 5.41) is 8.11. The van der Waals surface area contributed by atoms with Gasteiger partial charge in [0, 0.05) is 22.9 Å². The molecule has 5 heteroatoms. The van der Waals surface area contributed by atoms with Crippen molar-refractivity contribution in [3.63, 3.8) is 0 Å². The van der Waals surface area contributed by atoms with E-state index in [4.69, 9.17) is 9.84 Å². The summed E-state index contributed by atoms with van der Waals surface area (Å²) in [6.07, 6.45) is 0.600. The lowest BCUT2D eigenvalue weighted by molar-refractivity contribution is 0.414. The Labute approximate surface area is 209 Å². The molecule has 1 unspecified atom stereocenters. The molecule has 1 aliphatic heterocycles. The molecule has 1 aliphatic rings. The Kier molecular flexibility index (Phi) is 5.58. The molecule has 0 saturated heterocycles. The average molecular weight is 472 g/mol. The van der Waals surface area contributed by atoms with Crippen LogP contribution in [0.5, 0.6) is 5.75 Å². The Morgan fingerprint density at radius 1 is 0.806 bits per heavy atom. The van der Waals surface area contributed by atoms with Crippen LogP contribution in [0, 0.1) is 0 Å². The van der Waals surface area contributed by atoms with Gasteiger partial charge in [-0.2, -0.15) is 5.10 Å². The summed E-state index contributed by atoms with van der Waals surface area (Å²) >= 11 is 0. The first-order chi connectivity index (χ1) is 17.7. The number of nitrogens with zero attached hydrogens (tertiary/aromatic N) is 2. The van der Waals surface area contributed by atoms with Gasteiger partial charge in [-0.15, -0.1) is 0 Å². The second-order valence-electron chi connectivity index (χ2n) is 8.84. The average Bonchev–Trinajstić information content (AvgIpc) is 3.38. The number of aromatic amines is 1. The van der Waals surface area contributed by atoms with E-state index in [1.807, 2.05) is 83.9 Å². The molecule has 1 aromatic heterocycles. The van der Waals surface area contributed by atoms with Crippen LogP contribution in [0.25, 0.3) is 22.0 Å². The number of nitrogens with one attached hydrogen (secondary N) is 1. The predicted octanol–water partition coefficient (Wildman–Crippen LogP) is 6.56. The molecular formula is C31H25N3O2. The van der Waals surface area contributed by atoms with E-state index in [0.29, 0.717) is 12.0 Å². The number of hydrazone groups is 1. The monoisotopic (exact) mass is 471 g/mol. The topological polar surface area (TPSA) is 57.7 Å². The summed E-state index contributed by atoms with van der Waals surface area (Å²) in [6, 6.07) is 36.2. The third-order valence-corrected chi connectivity index (χ3v) is 6.70. The molecule has 0 spiro atoms. The zero-order valence-corrected chi connectivity index (χ0v) is 19.9. The summed E-state index contributed by atoms with van der Waals surface area (Å²) < 4.78 is 5.37. The maximum absolute atomic E-state index is 13.6. The van der Waals surface area contributed by atoms with Crippen LogP contribution in [0.3, 0.4) is 0 Å². The van der Waals surface area contributed by atoms with E-state index in [0.717, 1.165) is 44.7 Å². The van der Waals surface area contributed by atoms with Crippen molar-refractivity contribution < 1.29 is 4.74 Å². The lowest BCUT2D eigenvalue weighted by Crippen LogP contribution is -2.20. The molecule has 6 rings (SSSR count). The molecule has 4 aromatic carbocycles. The van der Waals surface area contributed by atoms with Crippen molar-refractivity contribution in [2.45, 2.75) is 12.5 Å². The first-order valence-corrected chi connectivity index (χ1v) is 12.0. The van der Waals surface area contributed by atoms with Gasteiger partial charge in [0.25, 0.3) is 5.56 Å². The van der Waals surface area contributed by atoms with Crippen LogP contribution in [-0.2, 0) is 0 Å². The summed E-state index contributed by atoms with van der Waals surface area (Å²) in [6.45, 7) is 0. The lowest BCUT2D eigenvalue weighted by Gasteiger charge is -2.24. The van der Waals surface area contributed by atoms with Crippen LogP contribution in [0.1, 0.15) is 23.6 Å². The minimum absolute atomic E-state index is 0.0530. The molecule has 0 radical (unpaired) electrons. The smallest absolute Gasteiger partial charge is 0.258 e.